The molecule has 0 atom stereocenters. The topological polar surface area (TPSA) is 70.1 Å². The maximum absolute atomic E-state index is 14.4. The van der Waals surface area contributed by atoms with Gasteiger partial charge >= 0.3 is 12.0 Å². The van der Waals surface area contributed by atoms with E-state index < -0.39 is 17.6 Å². The average Bonchev–Trinajstić information content (AvgIpc) is 2.68. The summed E-state index contributed by atoms with van der Waals surface area (Å²) in [6.45, 7) is 1.50. The number of anilines is 1. The maximum Gasteiger partial charge on any atom is 0.335 e. The molecule has 0 bridgehead atoms. The van der Waals surface area contributed by atoms with Gasteiger partial charge in [-0.25, -0.2) is 18.4 Å². The number of aromatic carboxylic acids is 1. The van der Waals surface area contributed by atoms with Gasteiger partial charge in [0, 0.05) is 24.3 Å². The van der Waals surface area contributed by atoms with Gasteiger partial charge in [0.1, 0.15) is 11.6 Å². The van der Waals surface area contributed by atoms with E-state index in [9.17, 15) is 18.4 Å². The molecular weight excluding hydrogens is 358 g/mol. The fraction of sp³-hybridized carbons (Fsp3) is 0.263. The standard InChI is InChI=1S/C19H18F2N2O4/c20-15-3-5-16(6-4-15)23(19(26)22-7-9-27-10-8-22)12-14-2-1-13(18(24)25)11-17(14)21/h1-6,11H,7-10,12H2,(H,24,25). The van der Waals surface area contributed by atoms with Gasteiger partial charge in [-0.2, -0.15) is 0 Å². The smallest absolute Gasteiger partial charge is 0.335 e. The summed E-state index contributed by atoms with van der Waals surface area (Å²) >= 11 is 0. The molecule has 1 aliphatic heterocycles. The van der Waals surface area contributed by atoms with Crippen molar-refractivity contribution in [3.63, 3.8) is 0 Å². The van der Waals surface area contributed by atoms with Crippen molar-refractivity contribution in [2.75, 3.05) is 31.2 Å². The zero-order valence-electron chi connectivity index (χ0n) is 14.4. The number of carbonyl (C=O) groups excluding carboxylic acids is 1. The lowest BCUT2D eigenvalue weighted by atomic mass is 10.1. The van der Waals surface area contributed by atoms with E-state index >= 15 is 0 Å². The van der Waals surface area contributed by atoms with E-state index in [2.05, 4.69) is 0 Å². The Morgan fingerprint density at radius 2 is 1.74 bits per heavy atom. The molecule has 2 amide bonds. The highest BCUT2D eigenvalue weighted by molar-refractivity contribution is 5.92. The predicted octanol–water partition coefficient (Wildman–Crippen LogP) is 3.12. The lowest BCUT2D eigenvalue weighted by Gasteiger charge is -2.33. The number of hydrogen-bond acceptors (Lipinski definition) is 3. The Kier molecular flexibility index (Phi) is 5.66. The predicted molar refractivity (Wildman–Crippen MR) is 93.7 cm³/mol. The number of benzene rings is 2. The van der Waals surface area contributed by atoms with Crippen LogP contribution in [-0.2, 0) is 11.3 Å². The van der Waals surface area contributed by atoms with E-state index in [0.29, 0.717) is 32.0 Å². The Hall–Kier alpha value is -3.00. The van der Waals surface area contributed by atoms with Gasteiger partial charge in [0.25, 0.3) is 0 Å². The van der Waals surface area contributed by atoms with Crippen LogP contribution in [0, 0.1) is 11.6 Å². The normalized spacial score (nSPS) is 14.1. The first-order chi connectivity index (χ1) is 13.0. The first-order valence-electron chi connectivity index (χ1n) is 8.37. The molecule has 0 aromatic heterocycles. The SMILES string of the molecule is O=C(O)c1ccc(CN(C(=O)N2CCOCC2)c2ccc(F)cc2)c(F)c1. The molecule has 0 aliphatic carbocycles. The lowest BCUT2D eigenvalue weighted by Crippen LogP contribution is -2.48. The second kappa shape index (κ2) is 8.13. The van der Waals surface area contributed by atoms with E-state index in [1.807, 2.05) is 0 Å². The number of halogens is 2. The number of urea groups is 1. The van der Waals surface area contributed by atoms with Crippen LogP contribution in [0.5, 0.6) is 0 Å². The summed E-state index contributed by atoms with van der Waals surface area (Å²) in [4.78, 5) is 26.8. The van der Waals surface area contributed by atoms with Crippen molar-refractivity contribution in [3.8, 4) is 0 Å². The summed E-state index contributed by atoms with van der Waals surface area (Å²) in [7, 11) is 0. The van der Waals surface area contributed by atoms with Crippen LogP contribution < -0.4 is 4.90 Å². The monoisotopic (exact) mass is 376 g/mol. The van der Waals surface area contributed by atoms with Crippen LogP contribution in [0.2, 0.25) is 0 Å². The summed E-state index contributed by atoms with van der Waals surface area (Å²) < 4.78 is 32.9. The zero-order valence-corrected chi connectivity index (χ0v) is 14.4. The summed E-state index contributed by atoms with van der Waals surface area (Å²) in [5, 5.41) is 8.96. The molecule has 0 spiro atoms. The number of hydrogen-bond donors (Lipinski definition) is 1. The second-order valence-corrected chi connectivity index (χ2v) is 6.06. The molecule has 2 aromatic rings. The van der Waals surface area contributed by atoms with Crippen molar-refractivity contribution in [1.82, 2.24) is 4.90 Å². The van der Waals surface area contributed by atoms with Crippen molar-refractivity contribution < 1.29 is 28.2 Å². The average molecular weight is 376 g/mol. The lowest BCUT2D eigenvalue weighted by molar-refractivity contribution is 0.0548. The number of carboxylic acids is 1. The summed E-state index contributed by atoms with van der Waals surface area (Å²) in [5.74, 6) is -2.41. The van der Waals surface area contributed by atoms with E-state index in [4.69, 9.17) is 9.84 Å². The molecule has 1 fully saturated rings. The molecule has 27 heavy (non-hydrogen) atoms. The third kappa shape index (κ3) is 4.40. The Morgan fingerprint density at radius 1 is 1.07 bits per heavy atom. The van der Waals surface area contributed by atoms with Gasteiger partial charge in [-0.15, -0.1) is 0 Å². The number of ether oxygens (including phenoxy) is 1. The van der Waals surface area contributed by atoms with Crippen molar-refractivity contribution >= 4 is 17.7 Å². The van der Waals surface area contributed by atoms with Crippen LogP contribution in [0.25, 0.3) is 0 Å². The molecule has 0 saturated carbocycles. The Morgan fingerprint density at radius 3 is 2.33 bits per heavy atom. The maximum atomic E-state index is 14.4. The highest BCUT2D eigenvalue weighted by Crippen LogP contribution is 2.22. The quantitative estimate of drug-likeness (QED) is 0.890. The first kappa shape index (κ1) is 18.8. The molecule has 1 N–H and O–H groups in total. The largest absolute Gasteiger partial charge is 0.478 e. The summed E-state index contributed by atoms with van der Waals surface area (Å²) in [6, 6.07) is 8.50. The molecular formula is C19H18F2N2O4. The van der Waals surface area contributed by atoms with Crippen LogP contribution in [-0.4, -0.2) is 48.3 Å². The van der Waals surface area contributed by atoms with E-state index in [-0.39, 0.29) is 23.7 Å². The molecule has 2 aromatic carbocycles. The van der Waals surface area contributed by atoms with Crippen molar-refractivity contribution in [3.05, 3.63) is 65.2 Å². The van der Waals surface area contributed by atoms with E-state index in [1.165, 1.54) is 41.3 Å². The van der Waals surface area contributed by atoms with Crippen LogP contribution in [0.4, 0.5) is 19.3 Å². The summed E-state index contributed by atoms with van der Waals surface area (Å²) in [6.07, 6.45) is 0. The Labute approximate surface area is 154 Å². The fourth-order valence-electron chi connectivity index (χ4n) is 2.79. The number of nitrogens with zero attached hydrogens (tertiary/aromatic N) is 2. The van der Waals surface area contributed by atoms with Gasteiger partial charge in [-0.05, 0) is 36.4 Å². The molecule has 3 rings (SSSR count). The number of rotatable bonds is 4. The van der Waals surface area contributed by atoms with Crippen molar-refractivity contribution in [1.29, 1.82) is 0 Å². The molecule has 0 unspecified atom stereocenters. The highest BCUT2D eigenvalue weighted by atomic mass is 19.1. The Balaban J connectivity index is 1.90. The van der Waals surface area contributed by atoms with Gasteiger partial charge < -0.3 is 14.7 Å². The third-order valence-corrected chi connectivity index (χ3v) is 4.28. The highest BCUT2D eigenvalue weighted by Gasteiger charge is 2.25. The molecule has 6 nitrogen and oxygen atoms in total. The number of carbonyl (C=O) groups is 2. The van der Waals surface area contributed by atoms with Crippen molar-refractivity contribution in [2.45, 2.75) is 6.54 Å². The van der Waals surface area contributed by atoms with E-state index in [1.54, 1.807) is 4.90 Å². The van der Waals surface area contributed by atoms with Crippen molar-refractivity contribution in [2.24, 2.45) is 0 Å². The van der Waals surface area contributed by atoms with Gasteiger partial charge in [-0.3, -0.25) is 4.90 Å². The molecule has 8 heteroatoms. The van der Waals surface area contributed by atoms with Gasteiger partial charge in [0.15, 0.2) is 0 Å². The number of morpholine rings is 1. The molecule has 1 aliphatic rings. The number of amides is 2. The minimum Gasteiger partial charge on any atom is -0.478 e. The van der Waals surface area contributed by atoms with E-state index in [0.717, 1.165) is 6.07 Å². The number of carboxylic acid groups (broad SMARTS) is 1. The first-order valence-corrected chi connectivity index (χ1v) is 8.37. The Bertz CT molecular complexity index is 836. The van der Waals surface area contributed by atoms with Crippen LogP contribution >= 0.6 is 0 Å². The van der Waals surface area contributed by atoms with Crippen LogP contribution in [0.3, 0.4) is 0 Å². The fourth-order valence-corrected chi connectivity index (χ4v) is 2.79. The van der Waals surface area contributed by atoms with Gasteiger partial charge in [0.05, 0.1) is 25.3 Å². The van der Waals surface area contributed by atoms with Gasteiger partial charge in [-0.1, -0.05) is 6.07 Å². The molecule has 0 radical (unpaired) electrons. The van der Waals surface area contributed by atoms with Crippen LogP contribution in [0.1, 0.15) is 15.9 Å². The zero-order chi connectivity index (χ0) is 19.4. The summed E-state index contributed by atoms with van der Waals surface area (Å²) in [5.41, 5.74) is 0.393. The minimum absolute atomic E-state index is 0.118. The second-order valence-electron chi connectivity index (χ2n) is 6.06. The van der Waals surface area contributed by atoms with Crippen LogP contribution in [0.15, 0.2) is 42.5 Å². The molecule has 1 heterocycles. The minimum atomic E-state index is -1.24. The van der Waals surface area contributed by atoms with Gasteiger partial charge in [0.2, 0.25) is 0 Å². The molecule has 1 saturated heterocycles. The molecule has 142 valence electrons. The third-order valence-electron chi connectivity index (χ3n) is 4.28.